The van der Waals surface area contributed by atoms with Crippen molar-refractivity contribution in [1.29, 1.82) is 0 Å². The van der Waals surface area contributed by atoms with Gasteiger partial charge in [-0.15, -0.1) is 0 Å². The number of imidazole rings is 1. The van der Waals surface area contributed by atoms with Crippen LogP contribution in [0.1, 0.15) is 12.6 Å². The lowest BCUT2D eigenvalue weighted by molar-refractivity contribution is -0.141. The van der Waals surface area contributed by atoms with E-state index in [0.717, 1.165) is 16.8 Å². The van der Waals surface area contributed by atoms with Crippen LogP contribution in [0.4, 0.5) is 13.2 Å². The van der Waals surface area contributed by atoms with Gasteiger partial charge < -0.3 is 4.40 Å². The maximum atomic E-state index is 12.9. The predicted octanol–water partition coefficient (Wildman–Crippen LogP) is 3.76. The molecule has 0 fully saturated rings. The molecule has 0 saturated heterocycles. The minimum atomic E-state index is -4.60. The Bertz CT molecular complexity index is 1310. The normalized spacial score (nSPS) is 12.7. The molecule has 28 heavy (non-hydrogen) atoms. The van der Waals surface area contributed by atoms with Crippen molar-refractivity contribution in [2.75, 3.05) is 5.75 Å². The summed E-state index contributed by atoms with van der Waals surface area (Å²) in [6.45, 7) is 1.51. The van der Waals surface area contributed by atoms with Crippen molar-refractivity contribution in [1.82, 2.24) is 19.4 Å². The zero-order chi connectivity index (χ0) is 20.1. The summed E-state index contributed by atoms with van der Waals surface area (Å²) in [4.78, 5) is 12.0. The second kappa shape index (κ2) is 6.26. The third-order valence-electron chi connectivity index (χ3n) is 4.28. The van der Waals surface area contributed by atoms with Gasteiger partial charge in [0.05, 0.1) is 22.4 Å². The summed E-state index contributed by atoms with van der Waals surface area (Å²) >= 11 is 0. The number of nitrogens with zero attached hydrogens (tertiary/aromatic N) is 4. The van der Waals surface area contributed by atoms with Crippen LogP contribution in [-0.2, 0) is 16.0 Å². The maximum Gasteiger partial charge on any atom is 0.434 e. The molecule has 4 aromatic rings. The van der Waals surface area contributed by atoms with Gasteiger partial charge in [0.1, 0.15) is 11.4 Å². The van der Waals surface area contributed by atoms with Gasteiger partial charge in [0, 0.05) is 17.8 Å². The largest absolute Gasteiger partial charge is 0.434 e. The van der Waals surface area contributed by atoms with Gasteiger partial charge >= 0.3 is 6.18 Å². The molecule has 0 unspecified atom stereocenters. The van der Waals surface area contributed by atoms with Crippen LogP contribution in [0, 0.1) is 0 Å². The molecular formula is C18H13F3N4O2S. The number of pyridine rings is 1. The van der Waals surface area contributed by atoms with Crippen LogP contribution in [0.15, 0.2) is 53.8 Å². The average molecular weight is 406 g/mol. The molecule has 0 N–H and O–H groups in total. The number of benzene rings is 1. The lowest BCUT2D eigenvalue weighted by Crippen LogP contribution is -2.08. The number of alkyl halides is 3. The van der Waals surface area contributed by atoms with Gasteiger partial charge in [-0.05, 0) is 12.1 Å². The highest BCUT2D eigenvalue weighted by molar-refractivity contribution is 7.91. The molecule has 6 nitrogen and oxygen atoms in total. The van der Waals surface area contributed by atoms with Crippen molar-refractivity contribution in [3.63, 3.8) is 0 Å². The molecule has 0 radical (unpaired) electrons. The van der Waals surface area contributed by atoms with E-state index in [1.165, 1.54) is 19.2 Å². The molecule has 10 heteroatoms. The second-order valence-electron chi connectivity index (χ2n) is 6.09. The SMILES string of the molecule is CCS(=O)(=O)c1cc2ccccc2nc1-c1cn2cc(C(F)(F)F)ncc2n1. The fourth-order valence-electron chi connectivity index (χ4n) is 2.83. The molecule has 0 bridgehead atoms. The lowest BCUT2D eigenvalue weighted by Gasteiger charge is -2.09. The molecule has 3 heterocycles. The number of hydrogen-bond acceptors (Lipinski definition) is 5. The van der Waals surface area contributed by atoms with E-state index >= 15 is 0 Å². The van der Waals surface area contributed by atoms with Crippen LogP contribution in [0.2, 0.25) is 0 Å². The first-order chi connectivity index (χ1) is 13.2. The molecule has 0 aliphatic carbocycles. The van der Waals surface area contributed by atoms with Gasteiger partial charge in [-0.1, -0.05) is 25.1 Å². The van der Waals surface area contributed by atoms with Crippen molar-refractivity contribution in [2.45, 2.75) is 18.0 Å². The summed E-state index contributed by atoms with van der Waals surface area (Å²) in [6.07, 6.45) is -1.49. The lowest BCUT2D eigenvalue weighted by atomic mass is 10.2. The van der Waals surface area contributed by atoms with Crippen molar-refractivity contribution in [3.05, 3.63) is 54.6 Å². The molecule has 0 atom stereocenters. The number of aromatic nitrogens is 4. The summed E-state index contributed by atoms with van der Waals surface area (Å²) in [5.74, 6) is -0.146. The summed E-state index contributed by atoms with van der Waals surface area (Å²) in [5.41, 5.74) is -0.120. The fraction of sp³-hybridized carbons (Fsp3) is 0.167. The van der Waals surface area contributed by atoms with Gasteiger partial charge in [-0.2, -0.15) is 13.2 Å². The van der Waals surface area contributed by atoms with Crippen molar-refractivity contribution in [2.24, 2.45) is 0 Å². The van der Waals surface area contributed by atoms with Crippen molar-refractivity contribution in [3.8, 4) is 11.4 Å². The number of hydrogen-bond donors (Lipinski definition) is 0. The average Bonchev–Trinajstić information content (AvgIpc) is 3.09. The third kappa shape index (κ3) is 3.09. The Morgan fingerprint density at radius 2 is 1.86 bits per heavy atom. The Labute approximate surface area is 157 Å². The van der Waals surface area contributed by atoms with Gasteiger partial charge in [-0.3, -0.25) is 0 Å². The first kappa shape index (κ1) is 18.4. The summed E-state index contributed by atoms with van der Waals surface area (Å²) in [5, 5.41) is 0.642. The topological polar surface area (TPSA) is 77.2 Å². The number of halogens is 3. The zero-order valence-corrected chi connectivity index (χ0v) is 15.3. The van der Waals surface area contributed by atoms with Gasteiger partial charge in [0.25, 0.3) is 0 Å². The standard InChI is InChI=1S/C18H13F3N4O2S/c1-2-28(26,27)14-7-11-5-3-4-6-12(11)24-17(14)13-9-25-10-15(18(19,20)21)22-8-16(25)23-13/h3-10H,2H2,1H3. The molecular weight excluding hydrogens is 393 g/mol. The van der Waals surface area contributed by atoms with E-state index in [2.05, 4.69) is 15.0 Å². The van der Waals surface area contributed by atoms with E-state index in [1.807, 2.05) is 0 Å². The highest BCUT2D eigenvalue weighted by atomic mass is 32.2. The number of fused-ring (bicyclic) bond motifs is 2. The molecule has 0 amide bonds. The van der Waals surface area contributed by atoms with Gasteiger partial charge in [0.2, 0.25) is 0 Å². The van der Waals surface area contributed by atoms with Crippen LogP contribution in [0.5, 0.6) is 0 Å². The summed E-state index contributed by atoms with van der Waals surface area (Å²) in [6, 6.07) is 8.50. The van der Waals surface area contributed by atoms with E-state index < -0.39 is 21.7 Å². The van der Waals surface area contributed by atoms with Crippen LogP contribution >= 0.6 is 0 Å². The molecule has 3 aromatic heterocycles. The van der Waals surface area contributed by atoms with Crippen LogP contribution < -0.4 is 0 Å². The Morgan fingerprint density at radius 1 is 1.11 bits per heavy atom. The van der Waals surface area contributed by atoms with Gasteiger partial charge in [0.15, 0.2) is 21.2 Å². The second-order valence-corrected chi connectivity index (χ2v) is 8.34. The predicted molar refractivity (Wildman–Crippen MR) is 96.5 cm³/mol. The van der Waals surface area contributed by atoms with Gasteiger partial charge in [-0.25, -0.2) is 23.4 Å². The minimum Gasteiger partial charge on any atom is -0.303 e. The molecule has 0 saturated carbocycles. The van der Waals surface area contributed by atoms with Crippen LogP contribution in [-0.4, -0.2) is 33.5 Å². The molecule has 1 aromatic carbocycles. The first-order valence-corrected chi connectivity index (χ1v) is 9.89. The number of rotatable bonds is 3. The smallest absolute Gasteiger partial charge is 0.303 e. The Morgan fingerprint density at radius 3 is 2.57 bits per heavy atom. The highest BCUT2D eigenvalue weighted by Gasteiger charge is 2.33. The molecule has 0 aliphatic heterocycles. The Balaban J connectivity index is 1.98. The third-order valence-corrected chi connectivity index (χ3v) is 6.02. The van der Waals surface area contributed by atoms with E-state index in [4.69, 9.17) is 0 Å². The summed E-state index contributed by atoms with van der Waals surface area (Å²) in [7, 11) is -3.64. The Kier molecular flexibility index (Phi) is 4.11. The number of sulfone groups is 1. The molecule has 144 valence electrons. The fourth-order valence-corrected chi connectivity index (χ4v) is 3.89. The monoisotopic (exact) mass is 406 g/mol. The van der Waals surface area contributed by atoms with E-state index in [1.54, 1.807) is 24.3 Å². The van der Waals surface area contributed by atoms with E-state index in [0.29, 0.717) is 10.9 Å². The van der Waals surface area contributed by atoms with Crippen molar-refractivity contribution < 1.29 is 21.6 Å². The first-order valence-electron chi connectivity index (χ1n) is 8.24. The zero-order valence-electron chi connectivity index (χ0n) is 14.5. The van der Waals surface area contributed by atoms with Crippen molar-refractivity contribution >= 4 is 26.4 Å². The maximum absolute atomic E-state index is 12.9. The van der Waals surface area contributed by atoms with E-state index in [9.17, 15) is 21.6 Å². The number of para-hydroxylation sites is 1. The minimum absolute atomic E-state index is 0.0129. The molecule has 0 spiro atoms. The van der Waals surface area contributed by atoms with Crippen LogP contribution in [0.3, 0.4) is 0 Å². The highest BCUT2D eigenvalue weighted by Crippen LogP contribution is 2.31. The van der Waals surface area contributed by atoms with E-state index in [-0.39, 0.29) is 27.7 Å². The quantitative estimate of drug-likeness (QED) is 0.518. The summed E-state index contributed by atoms with van der Waals surface area (Å²) < 4.78 is 65.1. The van der Waals surface area contributed by atoms with Crippen LogP contribution in [0.25, 0.3) is 27.9 Å². The Hall–Kier alpha value is -3.01. The molecule has 4 rings (SSSR count). The molecule has 0 aliphatic rings.